The molecule has 0 unspecified atom stereocenters. The average molecular weight is 1760 g/mol. The van der Waals surface area contributed by atoms with Crippen LogP contribution in [0.4, 0.5) is 0 Å². The molecule has 0 saturated carbocycles. The maximum atomic E-state index is 11.3. The molecule has 0 atom stereocenters. The zero-order valence-corrected chi connectivity index (χ0v) is 77.4. The van der Waals surface area contributed by atoms with E-state index >= 15 is 0 Å². The fraction of sp³-hybridized carbons (Fsp3) is 0.500. The Morgan fingerprint density at radius 3 is 0.964 bits per heavy atom. The Bertz CT molecular complexity index is 4380. The van der Waals surface area contributed by atoms with E-state index in [4.69, 9.17) is 19.9 Å². The van der Waals surface area contributed by atoms with E-state index in [0.29, 0.717) is 25.7 Å². The number of rotatable bonds is 32. The van der Waals surface area contributed by atoms with Crippen LogP contribution in [-0.4, -0.2) is 128 Å². The van der Waals surface area contributed by atoms with Gasteiger partial charge in [-0.05, 0) is 348 Å². The molecule has 4 aliphatic rings. The third-order valence-electron chi connectivity index (χ3n) is 21.4. The lowest BCUT2D eigenvalue weighted by Crippen LogP contribution is -2.26. The third kappa shape index (κ3) is 27.0. The van der Waals surface area contributed by atoms with Crippen LogP contribution in [0.3, 0.4) is 0 Å². The predicted molar refractivity (Wildman–Crippen MR) is 504 cm³/mol. The Hall–Kier alpha value is -4.14. The molecule has 14 nitrogen and oxygen atoms in total. The SMILES string of the molecule is CCC1=C(C)c2cc3nc(cc4[nH]c(cc5[nH]c(cc1n2)c(C)c5CC)c(C)c4CCC=O)C(CCC=O)=C3C.CCNCCCCN(CC)CCCC1=C(C)c2cc3[nH]c(cc4[nH]c(cc5nc(cc1n2)C(CCCN(CC)CCCCNCC)=C5C)c(CC)c4C)c(CC)c3C.Cl.Cl.Cl.Cl.Cl.Cl.Cl.Cl.Cl.Cl.Cl.Cl. The number of hydrogen-bond donors (Lipinski definition) is 6. The highest BCUT2D eigenvalue weighted by atomic mass is 35.5. The number of H-pyrrole nitrogens is 4. The summed E-state index contributed by atoms with van der Waals surface area (Å²) in [6.45, 7) is 46.6. The molecule has 6 N–H and O–H groups in total. The van der Waals surface area contributed by atoms with E-state index in [1.165, 1.54) is 109 Å². The summed E-state index contributed by atoms with van der Waals surface area (Å²) in [5.41, 5.74) is 36.8. The van der Waals surface area contributed by atoms with Crippen LogP contribution < -0.4 is 10.6 Å². The van der Waals surface area contributed by atoms with Gasteiger partial charge in [-0.1, -0.05) is 55.4 Å². The largest absolute Gasteiger partial charge is 0.355 e. The van der Waals surface area contributed by atoms with Crippen molar-refractivity contribution in [3.05, 3.63) is 139 Å². The molecule has 16 bridgehead atoms. The number of carbonyl (C=O) groups excluding carboxylic acids is 2. The van der Waals surface area contributed by atoms with Crippen LogP contribution in [0, 0.1) is 27.7 Å². The van der Waals surface area contributed by atoms with Gasteiger partial charge in [0.05, 0.1) is 45.6 Å². The molecule has 6 aromatic heterocycles. The van der Waals surface area contributed by atoms with Crippen molar-refractivity contribution in [2.75, 3.05) is 65.4 Å². The van der Waals surface area contributed by atoms with E-state index in [1.807, 2.05) is 0 Å². The molecule has 6 aromatic rings. The first-order chi connectivity index (χ1) is 47.5. The number of aromatic nitrogens is 8. The summed E-state index contributed by atoms with van der Waals surface area (Å²) in [5.74, 6) is 0. The molecule has 4 aliphatic heterocycles. The van der Waals surface area contributed by atoms with E-state index in [2.05, 4.69) is 200 Å². The molecule has 0 aliphatic carbocycles. The summed E-state index contributed by atoms with van der Waals surface area (Å²) in [7, 11) is 0. The number of nitrogens with one attached hydrogen (secondary N) is 6. The molecule has 0 aromatic carbocycles. The summed E-state index contributed by atoms with van der Waals surface area (Å²) in [6.07, 6.45) is 17.0. The molecular formula is C84H128Cl12N12O2. The molecule has 0 amide bonds. The maximum Gasteiger partial charge on any atom is 0.120 e. The normalized spacial score (nSPS) is 11.9. The second-order valence-corrected chi connectivity index (χ2v) is 27.3. The highest BCUT2D eigenvalue weighted by molar-refractivity contribution is 5.98. The minimum Gasteiger partial charge on any atom is -0.355 e. The first-order valence-electron chi connectivity index (χ1n) is 37.5. The van der Waals surface area contributed by atoms with Gasteiger partial charge in [-0.2, -0.15) is 0 Å². The summed E-state index contributed by atoms with van der Waals surface area (Å²) in [6, 6.07) is 17.9. The number of hydrogen-bond acceptors (Lipinski definition) is 10. The number of nitrogens with zero attached hydrogens (tertiary/aromatic N) is 6. The zero-order valence-electron chi connectivity index (χ0n) is 67.6. The molecule has 0 saturated heterocycles. The van der Waals surface area contributed by atoms with Gasteiger partial charge in [0.15, 0.2) is 0 Å². The number of aldehydes is 2. The van der Waals surface area contributed by atoms with Crippen LogP contribution in [0.2, 0.25) is 0 Å². The van der Waals surface area contributed by atoms with E-state index in [0.717, 1.165) is 225 Å². The van der Waals surface area contributed by atoms with Crippen molar-refractivity contribution < 1.29 is 9.59 Å². The highest BCUT2D eigenvalue weighted by Crippen LogP contribution is 2.41. The number of halogens is 12. The Labute approximate surface area is 731 Å². The minimum atomic E-state index is 0. The van der Waals surface area contributed by atoms with Crippen molar-refractivity contribution in [2.24, 2.45) is 0 Å². The fourth-order valence-corrected chi connectivity index (χ4v) is 15.3. The lowest BCUT2D eigenvalue weighted by molar-refractivity contribution is -0.108. The lowest BCUT2D eigenvalue weighted by Gasteiger charge is -2.20. The lowest BCUT2D eigenvalue weighted by atomic mass is 9.98. The monoisotopic (exact) mass is 1760 g/mol. The van der Waals surface area contributed by atoms with E-state index in [9.17, 15) is 9.59 Å². The van der Waals surface area contributed by atoms with Gasteiger partial charge < -0.3 is 50.0 Å². The van der Waals surface area contributed by atoms with Gasteiger partial charge in [-0.15, -0.1) is 149 Å². The number of allylic oxidation sites excluding steroid dienone is 8. The fourth-order valence-electron chi connectivity index (χ4n) is 15.3. The zero-order chi connectivity index (χ0) is 70.2. The molecule has 0 spiro atoms. The van der Waals surface area contributed by atoms with Crippen molar-refractivity contribution in [2.45, 2.75) is 214 Å². The van der Waals surface area contributed by atoms with Gasteiger partial charge in [0.25, 0.3) is 0 Å². The van der Waals surface area contributed by atoms with Gasteiger partial charge >= 0.3 is 0 Å². The van der Waals surface area contributed by atoms with Crippen LogP contribution in [0.15, 0.2) is 48.5 Å². The molecule has 0 fully saturated rings. The van der Waals surface area contributed by atoms with Gasteiger partial charge in [-0.25, -0.2) is 19.9 Å². The summed E-state index contributed by atoms with van der Waals surface area (Å²) in [5, 5.41) is 6.96. The van der Waals surface area contributed by atoms with Crippen LogP contribution in [0.1, 0.15) is 250 Å². The Morgan fingerprint density at radius 1 is 0.309 bits per heavy atom. The summed E-state index contributed by atoms with van der Waals surface area (Å²) < 4.78 is 0. The van der Waals surface area contributed by atoms with Gasteiger partial charge in [0.2, 0.25) is 0 Å². The first-order valence-corrected chi connectivity index (χ1v) is 37.5. The van der Waals surface area contributed by atoms with Gasteiger partial charge in [0.1, 0.15) is 12.6 Å². The number of unbranched alkanes of at least 4 members (excludes halogenated alkanes) is 2. The molecular weight excluding hydrogens is 1630 g/mol. The second-order valence-electron chi connectivity index (χ2n) is 27.3. The van der Waals surface area contributed by atoms with Gasteiger partial charge in [0, 0.05) is 57.0 Å². The Morgan fingerprint density at radius 2 is 0.591 bits per heavy atom. The minimum absolute atomic E-state index is 0. The smallest absolute Gasteiger partial charge is 0.120 e. The van der Waals surface area contributed by atoms with E-state index in [-0.39, 0.29) is 149 Å². The van der Waals surface area contributed by atoms with Crippen molar-refractivity contribution >= 4 is 250 Å². The summed E-state index contributed by atoms with van der Waals surface area (Å²) >= 11 is 0. The predicted octanol–water partition coefficient (Wildman–Crippen LogP) is 23.8. The molecule has 110 heavy (non-hydrogen) atoms. The molecule has 620 valence electrons. The Balaban J connectivity index is -0.000000965. The van der Waals surface area contributed by atoms with Gasteiger partial charge in [-0.3, -0.25) is 0 Å². The second kappa shape index (κ2) is 54.7. The molecule has 0 radical (unpaired) electrons. The van der Waals surface area contributed by atoms with Crippen LogP contribution >= 0.6 is 149 Å². The van der Waals surface area contributed by atoms with Crippen molar-refractivity contribution in [1.29, 1.82) is 0 Å². The van der Waals surface area contributed by atoms with Crippen molar-refractivity contribution in [3.8, 4) is 0 Å². The highest BCUT2D eigenvalue weighted by Gasteiger charge is 2.25. The van der Waals surface area contributed by atoms with Crippen molar-refractivity contribution in [3.63, 3.8) is 0 Å². The Kier molecular flexibility index (Phi) is 55.7. The standard InChI is InChI=1S/C50H78N8.C34H38N4O2.12ClH/c1-11-39-35(7)43-31-44-37(9)41(23-21-29-57(15-5)27-19-17-25-51-13-3)49(55-44)34-50-42(24-22-30-58(16-6)28-20-18-26-52-14-4)38(10)46(56-50)33-48-40(12-2)36(8)45(54-48)32-47(39)53-43;1-7-23-19(3)27-15-28-21(5)25(11-9-13-39)33(37-28)18-34-26(12-10-14-40)22(6)30(38-34)17-32-24(8-2)20(4)29(36-32)16-31(23)35-27;;;;;;;;;;;;/h31-34,51-54H,11-30H2,1-10H3;13-18,36,38H,7-12H2,1-6H3;12*1H. The maximum absolute atomic E-state index is 11.3. The van der Waals surface area contributed by atoms with E-state index < -0.39 is 0 Å². The van der Waals surface area contributed by atoms with Crippen LogP contribution in [0.25, 0.3) is 88.7 Å². The topological polar surface area (TPSA) is 179 Å². The molecule has 10 rings (SSSR count). The van der Waals surface area contributed by atoms with Crippen molar-refractivity contribution in [1.82, 2.24) is 60.3 Å². The quantitative estimate of drug-likeness (QED) is 0.0176. The molecule has 26 heteroatoms. The number of carbonyl (C=O) groups is 2. The summed E-state index contributed by atoms with van der Waals surface area (Å²) in [4.78, 5) is 64.1. The number of aromatic amines is 4. The number of fused-ring (bicyclic) bond motifs is 16. The average Bonchev–Trinajstić information content (AvgIpc) is 1.63. The third-order valence-corrected chi connectivity index (χ3v) is 21.4. The first kappa shape index (κ1) is 112. The van der Waals surface area contributed by atoms with Crippen LogP contribution in [0.5, 0.6) is 0 Å². The van der Waals surface area contributed by atoms with Crippen LogP contribution in [-0.2, 0) is 35.3 Å². The molecule has 10 heterocycles. The van der Waals surface area contributed by atoms with E-state index in [1.54, 1.807) is 0 Å². The number of aryl methyl sites for hydroxylation is 8.